The van der Waals surface area contributed by atoms with Crippen molar-refractivity contribution in [3.8, 4) is 5.75 Å². The molecule has 12 heteroatoms. The lowest BCUT2D eigenvalue weighted by Crippen LogP contribution is -2.13. The van der Waals surface area contributed by atoms with Gasteiger partial charge in [0.1, 0.15) is 5.75 Å². The predicted molar refractivity (Wildman–Crippen MR) is 121 cm³/mol. The Hall–Kier alpha value is -2.28. The summed E-state index contributed by atoms with van der Waals surface area (Å²) in [6.45, 7) is 0. The zero-order valence-electron chi connectivity index (χ0n) is 16.5. The smallest absolute Gasteiger partial charge is 0.211 e. The molecule has 2 aromatic heterocycles. The maximum atomic E-state index is 11.8. The van der Waals surface area contributed by atoms with Crippen LogP contribution >= 0.6 is 22.7 Å². The summed E-state index contributed by atoms with van der Waals surface area (Å²) in [7, 11) is 0.493. The lowest BCUT2D eigenvalue weighted by Gasteiger charge is -2.01. The van der Waals surface area contributed by atoms with Crippen LogP contribution in [-0.4, -0.2) is 34.3 Å². The molecule has 0 N–H and O–H groups in total. The van der Waals surface area contributed by atoms with Crippen molar-refractivity contribution in [2.75, 3.05) is 12.5 Å². The summed E-state index contributed by atoms with van der Waals surface area (Å²) in [6, 6.07) is 10.5. The van der Waals surface area contributed by atoms with Gasteiger partial charge in [0, 0.05) is 32.7 Å². The standard InChI is InChI=1S/C18H18N4O4S4/c1-21-13-7-5-11(26-29(3)23)9-15(13)27-17(21)19-20-18-22(2)14-8-6-12(30(4,24)25)10-16(14)28-18/h5-10H,1-4H3/b19-17+,20-18-. The van der Waals surface area contributed by atoms with E-state index in [1.165, 1.54) is 35.2 Å². The third kappa shape index (κ3) is 4.00. The van der Waals surface area contributed by atoms with Crippen LogP contribution in [0.4, 0.5) is 0 Å². The summed E-state index contributed by atoms with van der Waals surface area (Å²) in [6.07, 6.45) is 2.67. The second kappa shape index (κ2) is 7.76. The molecule has 0 radical (unpaired) electrons. The van der Waals surface area contributed by atoms with E-state index in [1.807, 2.05) is 35.4 Å². The van der Waals surface area contributed by atoms with Gasteiger partial charge in [0.25, 0.3) is 0 Å². The molecule has 2 aromatic carbocycles. The van der Waals surface area contributed by atoms with Crippen LogP contribution in [0.15, 0.2) is 51.5 Å². The predicted octanol–water partition coefficient (Wildman–Crippen LogP) is 2.29. The monoisotopic (exact) mass is 482 g/mol. The second-order valence-corrected chi connectivity index (χ2v) is 11.6. The minimum Gasteiger partial charge on any atom is -0.401 e. The van der Waals surface area contributed by atoms with E-state index in [4.69, 9.17) is 4.18 Å². The van der Waals surface area contributed by atoms with Crippen molar-refractivity contribution in [3.05, 3.63) is 46.0 Å². The van der Waals surface area contributed by atoms with Crippen LogP contribution in [0.3, 0.4) is 0 Å². The number of hydrogen-bond donors (Lipinski definition) is 0. The molecule has 0 fully saturated rings. The van der Waals surface area contributed by atoms with E-state index in [0.29, 0.717) is 15.4 Å². The lowest BCUT2D eigenvalue weighted by molar-refractivity contribution is 0.568. The topological polar surface area (TPSA) is 95.0 Å². The molecule has 0 aliphatic heterocycles. The summed E-state index contributed by atoms with van der Waals surface area (Å²) in [5, 5.41) is 8.81. The SMILES string of the molecule is Cn1/c(=N/N=c2/sc3cc(OS(C)=O)ccc3n2C)sc2cc(S(C)(=O)=O)ccc21. The minimum absolute atomic E-state index is 0.280. The number of aromatic nitrogens is 2. The van der Waals surface area contributed by atoms with E-state index in [2.05, 4.69) is 10.2 Å². The Balaban J connectivity index is 1.82. The number of benzene rings is 2. The highest BCUT2D eigenvalue weighted by molar-refractivity contribution is 7.90. The number of nitrogens with zero attached hydrogens (tertiary/aromatic N) is 4. The fourth-order valence-electron chi connectivity index (χ4n) is 2.92. The number of thiazole rings is 2. The van der Waals surface area contributed by atoms with Crippen LogP contribution in [0, 0.1) is 0 Å². The molecular weight excluding hydrogens is 464 g/mol. The first-order valence-electron chi connectivity index (χ1n) is 8.62. The van der Waals surface area contributed by atoms with Crippen LogP contribution in [0.5, 0.6) is 5.75 Å². The van der Waals surface area contributed by atoms with Gasteiger partial charge >= 0.3 is 0 Å². The second-order valence-electron chi connectivity index (χ2n) is 6.60. The maximum absolute atomic E-state index is 11.8. The van der Waals surface area contributed by atoms with Gasteiger partial charge in [-0.25, -0.2) is 12.6 Å². The number of rotatable bonds is 4. The van der Waals surface area contributed by atoms with Crippen LogP contribution in [-0.2, 0) is 35.0 Å². The van der Waals surface area contributed by atoms with Gasteiger partial charge in [-0.2, -0.15) is 0 Å². The highest BCUT2D eigenvalue weighted by Crippen LogP contribution is 2.23. The van der Waals surface area contributed by atoms with Crippen molar-refractivity contribution in [2.45, 2.75) is 4.90 Å². The number of fused-ring (bicyclic) bond motifs is 2. The van der Waals surface area contributed by atoms with Crippen LogP contribution in [0.25, 0.3) is 20.4 Å². The normalized spacial score (nSPS) is 14.7. The molecule has 0 saturated heterocycles. The molecule has 30 heavy (non-hydrogen) atoms. The van der Waals surface area contributed by atoms with E-state index in [-0.39, 0.29) is 4.90 Å². The zero-order valence-corrected chi connectivity index (χ0v) is 19.8. The molecule has 4 aromatic rings. The summed E-state index contributed by atoms with van der Waals surface area (Å²) >= 11 is 1.43. The first-order valence-corrected chi connectivity index (χ1v) is 13.6. The molecule has 1 unspecified atom stereocenters. The molecule has 0 aliphatic carbocycles. The van der Waals surface area contributed by atoms with E-state index >= 15 is 0 Å². The molecule has 4 rings (SSSR count). The summed E-state index contributed by atoms with van der Waals surface area (Å²) in [4.78, 5) is 1.62. The molecule has 0 amide bonds. The average Bonchev–Trinajstić information content (AvgIpc) is 3.15. The Morgan fingerprint density at radius 3 is 2.00 bits per heavy atom. The summed E-state index contributed by atoms with van der Waals surface area (Å²) in [5.74, 6) is 0.534. The molecule has 8 nitrogen and oxygen atoms in total. The van der Waals surface area contributed by atoms with Gasteiger partial charge in [0.15, 0.2) is 9.84 Å². The third-order valence-electron chi connectivity index (χ3n) is 4.42. The van der Waals surface area contributed by atoms with Crippen molar-refractivity contribution >= 4 is 64.0 Å². The van der Waals surface area contributed by atoms with E-state index < -0.39 is 20.9 Å². The van der Waals surface area contributed by atoms with Crippen molar-refractivity contribution in [3.63, 3.8) is 0 Å². The van der Waals surface area contributed by atoms with Gasteiger partial charge in [-0.05, 0) is 30.3 Å². The molecule has 1 atom stereocenters. The molecule has 0 aliphatic rings. The molecule has 2 heterocycles. The Morgan fingerprint density at radius 1 is 0.933 bits per heavy atom. The molecule has 0 bridgehead atoms. The quantitative estimate of drug-likeness (QED) is 0.417. The first kappa shape index (κ1) is 21.0. The van der Waals surface area contributed by atoms with Crippen molar-refractivity contribution in [1.82, 2.24) is 9.13 Å². The fraction of sp³-hybridized carbons (Fsp3) is 0.222. The molecular formula is C18H18N4O4S4. The average molecular weight is 483 g/mol. The van der Waals surface area contributed by atoms with Gasteiger partial charge in [0.05, 0.1) is 25.3 Å². The number of hydrogen-bond acceptors (Lipinski definition) is 8. The van der Waals surface area contributed by atoms with Gasteiger partial charge in [-0.3, -0.25) is 0 Å². The molecule has 0 saturated carbocycles. The number of sulfone groups is 1. The molecule has 0 spiro atoms. The Morgan fingerprint density at radius 2 is 1.47 bits per heavy atom. The Kier molecular flexibility index (Phi) is 5.43. The van der Waals surface area contributed by atoms with Gasteiger partial charge in [-0.15, -0.1) is 10.2 Å². The Bertz CT molecular complexity index is 1550. The van der Waals surface area contributed by atoms with Crippen LogP contribution in [0.2, 0.25) is 0 Å². The maximum Gasteiger partial charge on any atom is 0.211 e. The largest absolute Gasteiger partial charge is 0.401 e. The van der Waals surface area contributed by atoms with Crippen molar-refractivity contribution in [1.29, 1.82) is 0 Å². The van der Waals surface area contributed by atoms with Gasteiger partial charge in [-0.1, -0.05) is 22.7 Å². The lowest BCUT2D eigenvalue weighted by atomic mass is 10.3. The van der Waals surface area contributed by atoms with Gasteiger partial charge < -0.3 is 13.3 Å². The van der Waals surface area contributed by atoms with Crippen LogP contribution < -0.4 is 13.8 Å². The Labute approximate surface area is 183 Å². The summed E-state index contributed by atoms with van der Waals surface area (Å²) in [5.41, 5.74) is 1.85. The third-order valence-corrected chi connectivity index (χ3v) is 8.13. The summed E-state index contributed by atoms with van der Waals surface area (Å²) < 4.78 is 45.7. The van der Waals surface area contributed by atoms with Crippen LogP contribution in [0.1, 0.15) is 0 Å². The zero-order chi connectivity index (χ0) is 21.6. The highest BCUT2D eigenvalue weighted by atomic mass is 32.2. The van der Waals surface area contributed by atoms with E-state index in [9.17, 15) is 12.6 Å². The van der Waals surface area contributed by atoms with E-state index in [1.54, 1.807) is 24.3 Å². The minimum atomic E-state index is -3.27. The van der Waals surface area contributed by atoms with Crippen molar-refractivity contribution < 1.29 is 16.8 Å². The number of aryl methyl sites for hydroxylation is 2. The van der Waals surface area contributed by atoms with Crippen molar-refractivity contribution in [2.24, 2.45) is 24.3 Å². The molecule has 158 valence electrons. The first-order chi connectivity index (χ1) is 14.1. The van der Waals surface area contributed by atoms with E-state index in [0.717, 1.165) is 20.4 Å². The highest BCUT2D eigenvalue weighted by Gasteiger charge is 2.11. The van der Waals surface area contributed by atoms with Gasteiger partial charge in [0.2, 0.25) is 20.7 Å². The fourth-order valence-corrected chi connectivity index (χ4v) is 6.03.